The van der Waals surface area contributed by atoms with Gasteiger partial charge in [-0.15, -0.1) is 0 Å². The number of aryl methyl sites for hydroxylation is 1. The highest BCUT2D eigenvalue weighted by Crippen LogP contribution is 2.36. The number of fused-ring (bicyclic) bond motifs is 1. The quantitative estimate of drug-likeness (QED) is 0.775. The molecule has 1 heterocycles. The first kappa shape index (κ1) is 9.81. The van der Waals surface area contributed by atoms with Gasteiger partial charge in [0.05, 0.1) is 6.61 Å². The first-order valence-corrected chi connectivity index (χ1v) is 5.31. The molecule has 0 radical (unpaired) electrons. The average Bonchev–Trinajstić information content (AvgIpc) is 2.16. The Balaban J connectivity index is 2.55. The van der Waals surface area contributed by atoms with Gasteiger partial charge in [-0.1, -0.05) is 18.5 Å². The van der Waals surface area contributed by atoms with Crippen LogP contribution >= 0.6 is 11.6 Å². The lowest BCUT2D eigenvalue weighted by atomic mass is 9.94. The molecule has 0 aromatic heterocycles. The molecule has 3 heteroatoms. The van der Waals surface area contributed by atoms with Crippen LogP contribution < -0.4 is 10.5 Å². The third kappa shape index (κ3) is 1.60. The Hall–Kier alpha value is -0.730. The fraction of sp³-hybridized carbons (Fsp3) is 0.455. The maximum absolute atomic E-state index is 6.05. The molecule has 76 valence electrons. The Kier molecular flexibility index (Phi) is 2.66. The number of hydrogen-bond acceptors (Lipinski definition) is 2. The smallest absolute Gasteiger partial charge is 0.125 e. The lowest BCUT2D eigenvalue weighted by Gasteiger charge is -2.25. The Labute approximate surface area is 89.0 Å². The normalized spacial score (nSPS) is 20.1. The summed E-state index contributed by atoms with van der Waals surface area (Å²) in [5, 5.41) is 0.731. The Morgan fingerprint density at radius 3 is 3.07 bits per heavy atom. The van der Waals surface area contributed by atoms with Gasteiger partial charge >= 0.3 is 0 Å². The monoisotopic (exact) mass is 211 g/mol. The topological polar surface area (TPSA) is 35.2 Å². The van der Waals surface area contributed by atoms with E-state index in [1.54, 1.807) is 0 Å². The molecule has 0 spiro atoms. The summed E-state index contributed by atoms with van der Waals surface area (Å²) in [4.78, 5) is 0. The number of halogens is 1. The number of benzene rings is 1. The van der Waals surface area contributed by atoms with Crippen molar-refractivity contribution in [3.8, 4) is 5.75 Å². The summed E-state index contributed by atoms with van der Waals surface area (Å²) in [6.07, 6.45) is 1.83. The predicted molar refractivity (Wildman–Crippen MR) is 57.9 cm³/mol. The van der Waals surface area contributed by atoms with Crippen molar-refractivity contribution in [3.05, 3.63) is 28.3 Å². The molecular weight excluding hydrogens is 198 g/mol. The van der Waals surface area contributed by atoms with Gasteiger partial charge in [0.25, 0.3) is 0 Å². The molecule has 1 aliphatic rings. The second kappa shape index (κ2) is 3.79. The summed E-state index contributed by atoms with van der Waals surface area (Å²) in [5.41, 5.74) is 8.40. The average molecular weight is 212 g/mol. The van der Waals surface area contributed by atoms with Crippen LogP contribution in [0.3, 0.4) is 0 Å². The minimum atomic E-state index is 0.103. The standard InChI is InChI=1S/C11H14ClNO/c1-2-7-5-8(12)6-10-11(7)9(13)3-4-14-10/h5-6,9H,2-4,13H2,1H3. The zero-order valence-electron chi connectivity index (χ0n) is 8.22. The van der Waals surface area contributed by atoms with Gasteiger partial charge in [0.1, 0.15) is 5.75 Å². The summed E-state index contributed by atoms with van der Waals surface area (Å²) >= 11 is 5.99. The van der Waals surface area contributed by atoms with Crippen molar-refractivity contribution in [1.82, 2.24) is 0 Å². The number of ether oxygens (including phenoxy) is 1. The third-order valence-corrected chi connectivity index (χ3v) is 2.85. The molecule has 1 unspecified atom stereocenters. The summed E-state index contributed by atoms with van der Waals surface area (Å²) in [5.74, 6) is 0.869. The van der Waals surface area contributed by atoms with Gasteiger partial charge in [-0.25, -0.2) is 0 Å². The molecule has 2 N–H and O–H groups in total. The van der Waals surface area contributed by atoms with Crippen LogP contribution in [0.4, 0.5) is 0 Å². The Morgan fingerprint density at radius 2 is 2.36 bits per heavy atom. The van der Waals surface area contributed by atoms with E-state index in [9.17, 15) is 0 Å². The van der Waals surface area contributed by atoms with Crippen LogP contribution in [0.5, 0.6) is 5.75 Å². The fourth-order valence-electron chi connectivity index (χ4n) is 1.92. The lowest BCUT2D eigenvalue weighted by Crippen LogP contribution is -2.22. The van der Waals surface area contributed by atoms with Gasteiger partial charge in [-0.05, 0) is 24.1 Å². The molecular formula is C11H14ClNO. The second-order valence-corrected chi connectivity index (χ2v) is 4.01. The molecule has 2 rings (SSSR count). The highest BCUT2D eigenvalue weighted by molar-refractivity contribution is 6.30. The zero-order chi connectivity index (χ0) is 10.1. The number of hydrogen-bond donors (Lipinski definition) is 1. The molecule has 0 amide bonds. The van der Waals surface area contributed by atoms with Crippen LogP contribution in [0.15, 0.2) is 12.1 Å². The van der Waals surface area contributed by atoms with Crippen LogP contribution in [0.1, 0.15) is 30.5 Å². The third-order valence-electron chi connectivity index (χ3n) is 2.63. The van der Waals surface area contributed by atoms with Gasteiger partial charge in [-0.3, -0.25) is 0 Å². The minimum absolute atomic E-state index is 0.103. The first-order chi connectivity index (χ1) is 6.72. The lowest BCUT2D eigenvalue weighted by molar-refractivity contribution is 0.268. The summed E-state index contributed by atoms with van der Waals surface area (Å²) < 4.78 is 5.55. The number of nitrogens with two attached hydrogens (primary N) is 1. The molecule has 2 nitrogen and oxygen atoms in total. The van der Waals surface area contributed by atoms with Crippen molar-refractivity contribution in [2.24, 2.45) is 5.73 Å². The molecule has 0 fully saturated rings. The Bertz CT molecular complexity index is 334. The molecule has 14 heavy (non-hydrogen) atoms. The maximum atomic E-state index is 6.05. The van der Waals surface area contributed by atoms with Crippen molar-refractivity contribution in [2.45, 2.75) is 25.8 Å². The van der Waals surface area contributed by atoms with Gasteiger partial charge in [-0.2, -0.15) is 0 Å². The minimum Gasteiger partial charge on any atom is -0.493 e. The molecule has 1 aromatic rings. The van der Waals surface area contributed by atoms with Crippen LogP contribution in [-0.2, 0) is 6.42 Å². The zero-order valence-corrected chi connectivity index (χ0v) is 8.97. The van der Waals surface area contributed by atoms with Crippen LogP contribution in [0, 0.1) is 0 Å². The molecule has 0 saturated carbocycles. The van der Waals surface area contributed by atoms with E-state index in [0.29, 0.717) is 6.61 Å². The van der Waals surface area contributed by atoms with E-state index >= 15 is 0 Å². The molecule has 1 atom stereocenters. The number of rotatable bonds is 1. The summed E-state index contributed by atoms with van der Waals surface area (Å²) in [6.45, 7) is 2.80. The van der Waals surface area contributed by atoms with Gasteiger partial charge in [0.15, 0.2) is 0 Å². The first-order valence-electron chi connectivity index (χ1n) is 4.93. The Morgan fingerprint density at radius 1 is 1.57 bits per heavy atom. The second-order valence-electron chi connectivity index (χ2n) is 3.57. The fourth-order valence-corrected chi connectivity index (χ4v) is 2.15. The van der Waals surface area contributed by atoms with Gasteiger partial charge in [0.2, 0.25) is 0 Å². The van der Waals surface area contributed by atoms with Crippen molar-refractivity contribution >= 4 is 11.6 Å². The van der Waals surface area contributed by atoms with E-state index < -0.39 is 0 Å². The van der Waals surface area contributed by atoms with Crippen molar-refractivity contribution in [3.63, 3.8) is 0 Å². The highest BCUT2D eigenvalue weighted by atomic mass is 35.5. The molecule has 1 aromatic carbocycles. The van der Waals surface area contributed by atoms with Crippen LogP contribution in [0.2, 0.25) is 5.02 Å². The van der Waals surface area contributed by atoms with Crippen molar-refractivity contribution < 1.29 is 4.74 Å². The molecule has 0 bridgehead atoms. The van der Waals surface area contributed by atoms with Crippen molar-refractivity contribution in [2.75, 3.05) is 6.61 Å². The molecule has 0 aliphatic carbocycles. The van der Waals surface area contributed by atoms with Gasteiger partial charge < -0.3 is 10.5 Å². The van der Waals surface area contributed by atoms with Crippen LogP contribution in [-0.4, -0.2) is 6.61 Å². The van der Waals surface area contributed by atoms with E-state index in [2.05, 4.69) is 6.92 Å². The molecule has 1 aliphatic heterocycles. The summed E-state index contributed by atoms with van der Waals surface area (Å²) in [6, 6.07) is 3.94. The molecule has 0 saturated heterocycles. The van der Waals surface area contributed by atoms with Gasteiger partial charge in [0, 0.05) is 23.0 Å². The largest absolute Gasteiger partial charge is 0.493 e. The summed E-state index contributed by atoms with van der Waals surface area (Å²) in [7, 11) is 0. The van der Waals surface area contributed by atoms with E-state index in [4.69, 9.17) is 22.1 Å². The van der Waals surface area contributed by atoms with E-state index in [1.807, 2.05) is 12.1 Å². The van der Waals surface area contributed by atoms with Crippen LogP contribution in [0.25, 0.3) is 0 Å². The highest BCUT2D eigenvalue weighted by Gasteiger charge is 2.21. The van der Waals surface area contributed by atoms with Crippen molar-refractivity contribution in [1.29, 1.82) is 0 Å². The van der Waals surface area contributed by atoms with E-state index in [0.717, 1.165) is 29.2 Å². The van der Waals surface area contributed by atoms with E-state index in [1.165, 1.54) is 5.56 Å². The van der Waals surface area contributed by atoms with E-state index in [-0.39, 0.29) is 6.04 Å². The SMILES string of the molecule is CCc1cc(Cl)cc2c1C(N)CCO2. The maximum Gasteiger partial charge on any atom is 0.125 e. The predicted octanol–water partition coefficient (Wildman–Crippen LogP) is 2.68.